The number of fused-ring (bicyclic) bond motifs is 8. The summed E-state index contributed by atoms with van der Waals surface area (Å²) in [6.45, 7) is 0. The number of aromatic amines is 1. The molecule has 0 unspecified atom stereocenters. The van der Waals surface area contributed by atoms with Crippen molar-refractivity contribution >= 4 is 46.5 Å². The van der Waals surface area contributed by atoms with Gasteiger partial charge in [0.1, 0.15) is 11.2 Å². The first-order valence-corrected chi connectivity index (χ1v) is 15.8. The highest BCUT2D eigenvalue weighted by molar-refractivity contribution is 5.98. The summed E-state index contributed by atoms with van der Waals surface area (Å²) >= 11 is 0. The third-order valence-electron chi connectivity index (χ3n) is 8.69. The second-order valence-electron chi connectivity index (χ2n) is 11.6. The van der Waals surface area contributed by atoms with Crippen molar-refractivity contribution in [1.82, 2.24) is 24.9 Å². The summed E-state index contributed by atoms with van der Waals surface area (Å²) in [5.41, 5.74) is 14.5. The van der Waals surface area contributed by atoms with Crippen molar-refractivity contribution in [2.45, 2.75) is 0 Å². The number of hydrogen-bond donors (Lipinski definition) is 1. The van der Waals surface area contributed by atoms with Crippen LogP contribution in [0.15, 0.2) is 138 Å². The lowest BCUT2D eigenvalue weighted by Gasteiger charge is -2.06. The third-order valence-corrected chi connectivity index (χ3v) is 8.69. The number of nitrogens with one attached hydrogen (secondary N) is 1. The Morgan fingerprint density at radius 1 is 0.375 bits per heavy atom. The lowest BCUT2D eigenvalue weighted by atomic mass is 10.0. The lowest BCUT2D eigenvalue weighted by Crippen LogP contribution is -1.89. The monoisotopic (exact) mass is 617 g/mol. The molecule has 0 saturated heterocycles. The first kappa shape index (κ1) is 27.6. The minimum absolute atomic E-state index is 0.706. The Kier molecular flexibility index (Phi) is 6.68. The van der Waals surface area contributed by atoms with Crippen LogP contribution in [0.3, 0.4) is 0 Å². The first-order chi connectivity index (χ1) is 23.8. The Bertz CT molecular complexity index is 2180. The topological polar surface area (TPSA) is 80.5 Å². The van der Waals surface area contributed by atoms with Crippen molar-refractivity contribution in [2.24, 2.45) is 0 Å². The van der Waals surface area contributed by atoms with Crippen LogP contribution in [-0.4, -0.2) is 24.9 Å². The van der Waals surface area contributed by atoms with E-state index in [1.807, 2.05) is 73.1 Å². The fourth-order valence-electron chi connectivity index (χ4n) is 6.54. The standard InChI is InChI=1S/C42H27N5O/c1-3-7-27(8-4-1)39-31-11-12-33(45-31)40(29-19-23-43-24-20-29)34-14-16-36(47-34)42(30-21-25-44-26-22-30)38-18-17-37(48-38)41(28-9-5-2-6-10-28)35-15-13-32(39)46-35/h1-26,45H. The molecule has 48 heavy (non-hydrogen) atoms. The van der Waals surface area contributed by atoms with Crippen molar-refractivity contribution < 1.29 is 4.42 Å². The van der Waals surface area contributed by atoms with Gasteiger partial charge in [-0.05, 0) is 95.1 Å². The number of pyridine rings is 2. The van der Waals surface area contributed by atoms with Crippen LogP contribution in [0.1, 0.15) is 22.8 Å². The molecule has 8 bridgehead atoms. The van der Waals surface area contributed by atoms with E-state index >= 15 is 0 Å². The molecule has 6 heteroatoms. The molecule has 2 aliphatic heterocycles. The number of benzene rings is 2. The summed E-state index contributed by atoms with van der Waals surface area (Å²) in [6, 6.07) is 37.0. The van der Waals surface area contributed by atoms with E-state index in [1.165, 1.54) is 0 Å². The largest absolute Gasteiger partial charge is 0.456 e. The zero-order valence-corrected chi connectivity index (χ0v) is 25.7. The van der Waals surface area contributed by atoms with Gasteiger partial charge >= 0.3 is 0 Å². The molecule has 0 atom stereocenters. The van der Waals surface area contributed by atoms with Gasteiger partial charge in [0.2, 0.25) is 0 Å². The lowest BCUT2D eigenvalue weighted by molar-refractivity contribution is 0.667. The number of H-pyrrole nitrogens is 1. The molecule has 2 aromatic carbocycles. The number of nitrogens with zero attached hydrogens (tertiary/aromatic N) is 4. The highest BCUT2D eigenvalue weighted by Crippen LogP contribution is 2.39. The molecule has 2 aliphatic rings. The van der Waals surface area contributed by atoms with Gasteiger partial charge in [0.05, 0.1) is 33.9 Å². The van der Waals surface area contributed by atoms with Gasteiger partial charge in [-0.25, -0.2) is 9.97 Å². The molecular weight excluding hydrogens is 590 g/mol. The first-order valence-electron chi connectivity index (χ1n) is 15.8. The SMILES string of the molecule is C1=Cc2nc1c(-c1ccccc1)c1ccc([nH]1)c(-c1ccncc1)c1nc(c(-c3ccncc3)c3ccc(o3)c2-c2ccccc2)C=C1. The van der Waals surface area contributed by atoms with Crippen LogP contribution in [0.2, 0.25) is 0 Å². The molecule has 1 N–H and O–H groups in total. The van der Waals surface area contributed by atoms with Crippen LogP contribution < -0.4 is 0 Å². The van der Waals surface area contributed by atoms with Crippen molar-refractivity contribution in [3.63, 3.8) is 0 Å². The van der Waals surface area contributed by atoms with E-state index in [-0.39, 0.29) is 0 Å². The number of hydrogen-bond acceptors (Lipinski definition) is 5. The normalized spacial score (nSPS) is 12.0. The van der Waals surface area contributed by atoms with Gasteiger partial charge < -0.3 is 9.40 Å². The maximum Gasteiger partial charge on any atom is 0.137 e. The van der Waals surface area contributed by atoms with E-state index in [1.54, 1.807) is 12.4 Å². The Hall–Kier alpha value is -6.66. The number of furan rings is 1. The van der Waals surface area contributed by atoms with Crippen LogP contribution in [0, 0.1) is 0 Å². The minimum atomic E-state index is 0.706. The minimum Gasteiger partial charge on any atom is -0.456 e. The molecule has 0 aliphatic carbocycles. The van der Waals surface area contributed by atoms with E-state index < -0.39 is 0 Å². The molecule has 0 amide bonds. The average molecular weight is 618 g/mol. The predicted octanol–water partition coefficient (Wildman–Crippen LogP) is 10.4. The van der Waals surface area contributed by atoms with E-state index in [0.29, 0.717) is 5.58 Å². The molecule has 0 spiro atoms. The van der Waals surface area contributed by atoms with E-state index in [0.717, 1.165) is 83.9 Å². The molecule has 5 aromatic heterocycles. The van der Waals surface area contributed by atoms with Crippen molar-refractivity contribution in [1.29, 1.82) is 0 Å². The van der Waals surface area contributed by atoms with Crippen LogP contribution in [0.5, 0.6) is 0 Å². The van der Waals surface area contributed by atoms with Crippen molar-refractivity contribution in [3.8, 4) is 44.5 Å². The molecular formula is C42H27N5O. The maximum atomic E-state index is 6.80. The smallest absolute Gasteiger partial charge is 0.137 e. The van der Waals surface area contributed by atoms with Crippen molar-refractivity contribution in [3.05, 3.63) is 157 Å². The van der Waals surface area contributed by atoms with E-state index in [4.69, 9.17) is 14.4 Å². The van der Waals surface area contributed by atoms with Crippen molar-refractivity contribution in [2.75, 3.05) is 0 Å². The quantitative estimate of drug-likeness (QED) is 0.213. The van der Waals surface area contributed by atoms with Gasteiger partial charge in [0, 0.05) is 46.9 Å². The zero-order chi connectivity index (χ0) is 31.9. The summed E-state index contributed by atoms with van der Waals surface area (Å²) in [7, 11) is 0. The van der Waals surface area contributed by atoms with Crippen LogP contribution in [-0.2, 0) is 0 Å². The van der Waals surface area contributed by atoms with Gasteiger partial charge in [-0.15, -0.1) is 0 Å². The molecule has 0 saturated carbocycles. The summed E-state index contributed by atoms with van der Waals surface area (Å²) in [5.74, 6) is 0. The highest BCUT2D eigenvalue weighted by Gasteiger charge is 2.19. The van der Waals surface area contributed by atoms with Crippen LogP contribution in [0.4, 0.5) is 0 Å². The summed E-state index contributed by atoms with van der Waals surface area (Å²) < 4.78 is 6.80. The summed E-state index contributed by atoms with van der Waals surface area (Å²) in [6.07, 6.45) is 15.5. The Morgan fingerprint density at radius 2 is 0.750 bits per heavy atom. The van der Waals surface area contributed by atoms with Gasteiger partial charge in [-0.3, -0.25) is 9.97 Å². The third kappa shape index (κ3) is 4.84. The highest BCUT2D eigenvalue weighted by atomic mass is 16.3. The molecule has 226 valence electrons. The van der Waals surface area contributed by atoms with Gasteiger partial charge in [0.15, 0.2) is 0 Å². The Labute approximate surface area is 276 Å². The Balaban J connectivity index is 1.49. The maximum absolute atomic E-state index is 6.80. The van der Waals surface area contributed by atoms with Gasteiger partial charge in [-0.2, -0.15) is 0 Å². The summed E-state index contributed by atoms with van der Waals surface area (Å²) in [4.78, 5) is 22.9. The van der Waals surface area contributed by atoms with Gasteiger partial charge in [-0.1, -0.05) is 60.7 Å². The van der Waals surface area contributed by atoms with Crippen LogP contribution >= 0.6 is 0 Å². The molecule has 0 fully saturated rings. The second-order valence-corrected chi connectivity index (χ2v) is 11.6. The van der Waals surface area contributed by atoms with E-state index in [9.17, 15) is 0 Å². The molecule has 7 aromatic rings. The summed E-state index contributed by atoms with van der Waals surface area (Å²) in [5, 5.41) is 0. The number of rotatable bonds is 4. The molecule has 7 heterocycles. The fourth-order valence-corrected chi connectivity index (χ4v) is 6.54. The van der Waals surface area contributed by atoms with E-state index in [2.05, 4.69) is 87.8 Å². The molecule has 6 nitrogen and oxygen atoms in total. The van der Waals surface area contributed by atoms with Gasteiger partial charge in [0.25, 0.3) is 0 Å². The average Bonchev–Trinajstić information content (AvgIpc) is 3.98. The number of aromatic nitrogens is 5. The molecule has 0 radical (unpaired) electrons. The fraction of sp³-hybridized carbons (Fsp3) is 0. The predicted molar refractivity (Wildman–Crippen MR) is 194 cm³/mol. The molecule has 9 rings (SSSR count). The zero-order valence-electron chi connectivity index (χ0n) is 25.7. The Morgan fingerprint density at radius 3 is 1.21 bits per heavy atom. The second kappa shape index (κ2) is 11.6. The van der Waals surface area contributed by atoms with Crippen LogP contribution in [0.25, 0.3) is 91.0 Å².